The molecular formula is C18H17N3O2. The number of ether oxygens (including phenoxy) is 1. The number of nitrogens with one attached hydrogen (secondary N) is 2. The lowest BCUT2D eigenvalue weighted by Gasteiger charge is -1.97. The van der Waals surface area contributed by atoms with Gasteiger partial charge in [0, 0.05) is 10.9 Å². The number of benzene rings is 2. The number of carbonyl (C=O) groups excluding carboxylic acids is 1. The molecule has 23 heavy (non-hydrogen) atoms. The van der Waals surface area contributed by atoms with E-state index in [9.17, 15) is 4.79 Å². The molecule has 5 nitrogen and oxygen atoms in total. The number of aromatic amines is 1. The van der Waals surface area contributed by atoms with Crippen LogP contribution in [0.4, 0.5) is 0 Å². The van der Waals surface area contributed by atoms with E-state index in [0.717, 1.165) is 22.2 Å². The quantitative estimate of drug-likeness (QED) is 0.574. The van der Waals surface area contributed by atoms with Crippen molar-refractivity contribution in [2.45, 2.75) is 6.92 Å². The smallest absolute Gasteiger partial charge is 0.287 e. The zero-order valence-corrected chi connectivity index (χ0v) is 13.0. The third kappa shape index (κ3) is 3.40. The van der Waals surface area contributed by atoms with Crippen LogP contribution in [0.3, 0.4) is 0 Å². The Balaban J connectivity index is 1.71. The lowest BCUT2D eigenvalue weighted by atomic mass is 10.2. The molecule has 0 aliphatic carbocycles. The molecule has 0 unspecified atom stereocenters. The van der Waals surface area contributed by atoms with Gasteiger partial charge in [0.1, 0.15) is 11.4 Å². The highest BCUT2D eigenvalue weighted by Crippen LogP contribution is 2.21. The standard InChI is InChI=1S/C18H17N3O2/c1-12-3-5-13(6-4-12)11-19-21-18(22)17-10-14-9-15(23-2)7-8-16(14)20-17/h3-11,20H,1-2H3,(H,21,22). The second-order valence-corrected chi connectivity index (χ2v) is 5.25. The monoisotopic (exact) mass is 307 g/mol. The minimum absolute atomic E-state index is 0.288. The van der Waals surface area contributed by atoms with Crippen molar-refractivity contribution in [2.24, 2.45) is 5.10 Å². The molecule has 0 saturated carbocycles. The topological polar surface area (TPSA) is 66.5 Å². The minimum Gasteiger partial charge on any atom is -0.497 e. The molecule has 0 spiro atoms. The van der Waals surface area contributed by atoms with Gasteiger partial charge in [0.2, 0.25) is 0 Å². The van der Waals surface area contributed by atoms with Gasteiger partial charge in [-0.25, -0.2) is 5.43 Å². The SMILES string of the molecule is COc1ccc2[nH]c(C(=O)NN=Cc3ccc(C)cc3)cc2c1. The number of hydrazone groups is 1. The van der Waals surface area contributed by atoms with E-state index < -0.39 is 0 Å². The highest BCUT2D eigenvalue weighted by Gasteiger charge is 2.09. The molecule has 0 atom stereocenters. The van der Waals surface area contributed by atoms with Gasteiger partial charge in [-0.3, -0.25) is 4.79 Å². The Bertz CT molecular complexity index is 864. The Morgan fingerprint density at radius 2 is 1.96 bits per heavy atom. The second-order valence-electron chi connectivity index (χ2n) is 5.25. The van der Waals surface area contributed by atoms with Crippen molar-refractivity contribution in [3.63, 3.8) is 0 Å². The first-order chi connectivity index (χ1) is 11.2. The number of carbonyl (C=O) groups is 1. The van der Waals surface area contributed by atoms with Gasteiger partial charge in [-0.05, 0) is 36.8 Å². The van der Waals surface area contributed by atoms with E-state index in [1.54, 1.807) is 19.4 Å². The fourth-order valence-corrected chi connectivity index (χ4v) is 2.24. The van der Waals surface area contributed by atoms with Crippen molar-refractivity contribution >= 4 is 23.0 Å². The lowest BCUT2D eigenvalue weighted by molar-refractivity contribution is 0.0951. The molecule has 2 N–H and O–H groups in total. The average molecular weight is 307 g/mol. The van der Waals surface area contributed by atoms with Gasteiger partial charge in [0.15, 0.2) is 0 Å². The van der Waals surface area contributed by atoms with Crippen molar-refractivity contribution in [1.29, 1.82) is 0 Å². The number of amides is 1. The van der Waals surface area contributed by atoms with Crippen molar-refractivity contribution in [1.82, 2.24) is 10.4 Å². The fourth-order valence-electron chi connectivity index (χ4n) is 2.24. The normalized spacial score (nSPS) is 11.0. The van der Waals surface area contributed by atoms with Crippen molar-refractivity contribution < 1.29 is 9.53 Å². The number of fused-ring (bicyclic) bond motifs is 1. The molecule has 3 rings (SSSR count). The van der Waals surface area contributed by atoms with E-state index in [4.69, 9.17) is 4.74 Å². The van der Waals surface area contributed by atoms with Crippen molar-refractivity contribution in [3.8, 4) is 5.75 Å². The molecule has 1 amide bonds. The maximum Gasteiger partial charge on any atom is 0.287 e. The molecule has 0 saturated heterocycles. The number of nitrogens with zero attached hydrogens (tertiary/aromatic N) is 1. The molecule has 116 valence electrons. The molecule has 0 aliphatic heterocycles. The van der Waals surface area contributed by atoms with Gasteiger partial charge < -0.3 is 9.72 Å². The lowest BCUT2D eigenvalue weighted by Crippen LogP contribution is -2.17. The minimum atomic E-state index is -0.288. The van der Waals surface area contributed by atoms with Crippen molar-refractivity contribution in [2.75, 3.05) is 7.11 Å². The van der Waals surface area contributed by atoms with Crippen LogP contribution in [0.15, 0.2) is 53.6 Å². The second kappa shape index (κ2) is 6.36. The third-order valence-corrected chi connectivity index (χ3v) is 3.53. The molecule has 1 heterocycles. The average Bonchev–Trinajstić information content (AvgIpc) is 2.99. The summed E-state index contributed by atoms with van der Waals surface area (Å²) in [5.41, 5.74) is 5.95. The number of rotatable bonds is 4. The first-order valence-corrected chi connectivity index (χ1v) is 7.22. The number of H-pyrrole nitrogens is 1. The van der Waals surface area contributed by atoms with Crippen LogP contribution >= 0.6 is 0 Å². The van der Waals surface area contributed by atoms with E-state index in [0.29, 0.717) is 5.69 Å². The summed E-state index contributed by atoms with van der Waals surface area (Å²) in [6.45, 7) is 2.02. The highest BCUT2D eigenvalue weighted by molar-refractivity contribution is 5.98. The van der Waals surface area contributed by atoms with Gasteiger partial charge in [-0.2, -0.15) is 5.10 Å². The zero-order valence-electron chi connectivity index (χ0n) is 13.0. The maximum atomic E-state index is 12.1. The van der Waals surface area contributed by atoms with Crippen LogP contribution < -0.4 is 10.2 Å². The summed E-state index contributed by atoms with van der Waals surface area (Å²) in [6.07, 6.45) is 1.61. The van der Waals surface area contributed by atoms with E-state index in [2.05, 4.69) is 15.5 Å². The Hall–Kier alpha value is -3.08. The molecule has 0 radical (unpaired) electrons. The molecule has 0 fully saturated rings. The zero-order chi connectivity index (χ0) is 16.2. The molecular weight excluding hydrogens is 290 g/mol. The Kier molecular flexibility index (Phi) is 4.10. The summed E-state index contributed by atoms with van der Waals surface area (Å²) in [5.74, 6) is 0.462. The van der Waals surface area contributed by atoms with Gasteiger partial charge in [-0.1, -0.05) is 29.8 Å². The predicted octanol–water partition coefficient (Wildman–Crippen LogP) is 3.25. The molecule has 0 aliphatic rings. The van der Waals surface area contributed by atoms with Gasteiger partial charge in [0.25, 0.3) is 5.91 Å². The van der Waals surface area contributed by atoms with Crippen LogP contribution in [-0.2, 0) is 0 Å². The number of aromatic nitrogens is 1. The number of hydrogen-bond acceptors (Lipinski definition) is 3. The van der Waals surface area contributed by atoms with Gasteiger partial charge in [0.05, 0.1) is 13.3 Å². The molecule has 5 heteroatoms. The van der Waals surface area contributed by atoms with E-state index in [1.165, 1.54) is 5.56 Å². The predicted molar refractivity (Wildman–Crippen MR) is 91.1 cm³/mol. The summed E-state index contributed by atoms with van der Waals surface area (Å²) in [5, 5.41) is 4.90. The van der Waals surface area contributed by atoms with Crippen LogP contribution in [0.1, 0.15) is 21.6 Å². The largest absolute Gasteiger partial charge is 0.497 e. The summed E-state index contributed by atoms with van der Waals surface area (Å²) < 4.78 is 5.18. The fraction of sp³-hybridized carbons (Fsp3) is 0.111. The first-order valence-electron chi connectivity index (χ1n) is 7.22. The summed E-state index contributed by atoms with van der Waals surface area (Å²) in [4.78, 5) is 15.2. The molecule has 3 aromatic rings. The number of methoxy groups -OCH3 is 1. The molecule has 0 bridgehead atoms. The van der Waals surface area contributed by atoms with Crippen molar-refractivity contribution in [3.05, 3.63) is 65.4 Å². The Morgan fingerprint density at radius 3 is 2.70 bits per heavy atom. The first kappa shape index (κ1) is 14.8. The third-order valence-electron chi connectivity index (χ3n) is 3.53. The van der Waals surface area contributed by atoms with E-state index in [1.807, 2.05) is 49.4 Å². The summed E-state index contributed by atoms with van der Waals surface area (Å²) >= 11 is 0. The number of hydrogen-bond donors (Lipinski definition) is 2. The van der Waals surface area contributed by atoms with Crippen LogP contribution in [0.25, 0.3) is 10.9 Å². The van der Waals surface area contributed by atoms with Gasteiger partial charge in [-0.15, -0.1) is 0 Å². The maximum absolute atomic E-state index is 12.1. The molecule has 1 aromatic heterocycles. The van der Waals surface area contributed by atoms with Crippen LogP contribution in [0.5, 0.6) is 5.75 Å². The van der Waals surface area contributed by atoms with E-state index >= 15 is 0 Å². The van der Waals surface area contributed by atoms with Gasteiger partial charge >= 0.3 is 0 Å². The van der Waals surface area contributed by atoms with E-state index in [-0.39, 0.29) is 5.91 Å². The molecule has 2 aromatic carbocycles. The number of aryl methyl sites for hydroxylation is 1. The Labute approximate surface area is 134 Å². The van der Waals surface area contributed by atoms with Crippen LogP contribution in [0, 0.1) is 6.92 Å². The Morgan fingerprint density at radius 1 is 1.17 bits per heavy atom. The van der Waals surface area contributed by atoms with Crippen LogP contribution in [-0.4, -0.2) is 24.2 Å². The highest BCUT2D eigenvalue weighted by atomic mass is 16.5. The summed E-state index contributed by atoms with van der Waals surface area (Å²) in [6, 6.07) is 15.2. The summed E-state index contributed by atoms with van der Waals surface area (Å²) in [7, 11) is 1.61. The van der Waals surface area contributed by atoms with Crippen LogP contribution in [0.2, 0.25) is 0 Å².